The Kier molecular flexibility index (Phi) is 12.1. The molecular weight excluding hydrogens is 505 g/mol. The van der Waals surface area contributed by atoms with Gasteiger partial charge in [-0.1, -0.05) is 44.2 Å². The fourth-order valence-electron chi connectivity index (χ4n) is 4.23. The van der Waals surface area contributed by atoms with E-state index in [9.17, 15) is 0 Å². The van der Waals surface area contributed by atoms with E-state index in [1.54, 1.807) is 0 Å². The predicted octanol–water partition coefficient (Wildman–Crippen LogP) is 2.20. The zero-order chi connectivity index (χ0) is 21.2. The molecule has 2 atom stereocenters. The normalized spacial score (nSPS) is 22.1. The number of aliphatic imine (C=N–C) groups is 1. The Hall–Kier alpha value is -0.940. The molecule has 1 aromatic carbocycles. The zero-order valence-electron chi connectivity index (χ0n) is 19.3. The van der Waals surface area contributed by atoms with Crippen molar-refractivity contribution < 1.29 is 9.47 Å². The molecule has 0 spiro atoms. The number of benzene rings is 1. The van der Waals surface area contributed by atoms with E-state index in [4.69, 9.17) is 9.47 Å². The first-order valence-corrected chi connectivity index (χ1v) is 11.3. The van der Waals surface area contributed by atoms with Crippen molar-refractivity contribution >= 4 is 29.9 Å². The van der Waals surface area contributed by atoms with E-state index < -0.39 is 0 Å². The highest BCUT2D eigenvalue weighted by Gasteiger charge is 2.24. The Morgan fingerprint density at radius 3 is 2.52 bits per heavy atom. The minimum Gasteiger partial charge on any atom is -0.379 e. The van der Waals surface area contributed by atoms with Gasteiger partial charge in [-0.05, 0) is 11.5 Å². The van der Waals surface area contributed by atoms with Crippen molar-refractivity contribution in [3.8, 4) is 0 Å². The van der Waals surface area contributed by atoms with Gasteiger partial charge in [0, 0.05) is 52.9 Å². The molecule has 7 nitrogen and oxygen atoms in total. The number of morpholine rings is 2. The first-order chi connectivity index (χ1) is 14.7. The molecule has 0 aromatic heterocycles. The number of rotatable bonds is 8. The highest BCUT2D eigenvalue weighted by Crippen LogP contribution is 2.21. The Bertz CT molecular complexity index is 640. The molecule has 2 unspecified atom stereocenters. The Morgan fingerprint density at radius 2 is 1.84 bits per heavy atom. The average molecular weight is 546 g/mol. The summed E-state index contributed by atoms with van der Waals surface area (Å²) in [6.07, 6.45) is 0.195. The van der Waals surface area contributed by atoms with Crippen LogP contribution in [0.3, 0.4) is 0 Å². The van der Waals surface area contributed by atoms with Crippen molar-refractivity contribution in [1.29, 1.82) is 0 Å². The van der Waals surface area contributed by atoms with Gasteiger partial charge in [0.25, 0.3) is 0 Å². The van der Waals surface area contributed by atoms with E-state index in [1.807, 2.05) is 7.05 Å². The minimum absolute atomic E-state index is 0. The van der Waals surface area contributed by atoms with Crippen LogP contribution in [-0.4, -0.2) is 94.5 Å². The molecule has 3 rings (SSSR count). The third kappa shape index (κ3) is 8.84. The van der Waals surface area contributed by atoms with Crippen LogP contribution < -0.4 is 10.6 Å². The topological polar surface area (TPSA) is 61.4 Å². The summed E-state index contributed by atoms with van der Waals surface area (Å²) in [4.78, 5) is 9.43. The Balaban J connectivity index is 0.00000341. The number of nitrogens with one attached hydrogen (secondary N) is 2. The second kappa shape index (κ2) is 14.3. The number of halogens is 1. The van der Waals surface area contributed by atoms with Crippen molar-refractivity contribution in [3.63, 3.8) is 0 Å². The molecule has 2 N–H and O–H groups in total. The lowest BCUT2D eigenvalue weighted by atomic mass is 10.0. The highest BCUT2D eigenvalue weighted by atomic mass is 127. The summed E-state index contributed by atoms with van der Waals surface area (Å²) >= 11 is 0. The largest absolute Gasteiger partial charge is 0.379 e. The third-order valence-electron chi connectivity index (χ3n) is 5.70. The quantitative estimate of drug-likeness (QED) is 0.297. The number of ether oxygens (including phenoxy) is 2. The van der Waals surface area contributed by atoms with Gasteiger partial charge in [0.1, 0.15) is 0 Å². The number of hydrogen-bond donors (Lipinski definition) is 2. The molecule has 31 heavy (non-hydrogen) atoms. The lowest BCUT2D eigenvalue weighted by Gasteiger charge is -2.35. The van der Waals surface area contributed by atoms with E-state index in [0.717, 1.165) is 71.6 Å². The van der Waals surface area contributed by atoms with Gasteiger partial charge in [0.05, 0.1) is 32.0 Å². The van der Waals surface area contributed by atoms with Crippen LogP contribution in [-0.2, 0) is 9.47 Å². The van der Waals surface area contributed by atoms with Gasteiger partial charge in [-0.15, -0.1) is 24.0 Å². The van der Waals surface area contributed by atoms with Crippen LogP contribution in [0, 0.1) is 5.92 Å². The second-order valence-electron chi connectivity index (χ2n) is 8.56. The van der Waals surface area contributed by atoms with Crippen molar-refractivity contribution in [3.05, 3.63) is 35.9 Å². The summed E-state index contributed by atoms with van der Waals surface area (Å²) in [6.45, 7) is 13.5. The van der Waals surface area contributed by atoms with Gasteiger partial charge >= 0.3 is 0 Å². The first-order valence-electron chi connectivity index (χ1n) is 11.3. The number of nitrogens with zero attached hydrogens (tertiary/aromatic N) is 3. The van der Waals surface area contributed by atoms with E-state index in [0.29, 0.717) is 12.0 Å². The molecule has 0 bridgehead atoms. The number of hydrogen-bond acceptors (Lipinski definition) is 5. The van der Waals surface area contributed by atoms with Crippen LogP contribution in [0.1, 0.15) is 25.5 Å². The van der Waals surface area contributed by atoms with Gasteiger partial charge < -0.3 is 20.1 Å². The molecule has 0 amide bonds. The molecule has 2 saturated heterocycles. The van der Waals surface area contributed by atoms with E-state index in [2.05, 4.69) is 69.6 Å². The lowest BCUT2D eigenvalue weighted by Crippen LogP contribution is -2.51. The van der Waals surface area contributed by atoms with Crippen molar-refractivity contribution in [2.75, 3.05) is 72.7 Å². The predicted molar refractivity (Wildman–Crippen MR) is 137 cm³/mol. The maximum Gasteiger partial charge on any atom is 0.191 e. The van der Waals surface area contributed by atoms with Gasteiger partial charge in [0.2, 0.25) is 0 Å². The summed E-state index contributed by atoms with van der Waals surface area (Å²) in [5.41, 5.74) is 1.32. The fraction of sp³-hybridized carbons (Fsp3) is 0.696. The average Bonchev–Trinajstić information content (AvgIpc) is 2.77. The lowest BCUT2D eigenvalue weighted by molar-refractivity contribution is -0.0284. The smallest absolute Gasteiger partial charge is 0.191 e. The van der Waals surface area contributed by atoms with Crippen molar-refractivity contribution in [2.24, 2.45) is 10.9 Å². The van der Waals surface area contributed by atoms with E-state index >= 15 is 0 Å². The van der Waals surface area contributed by atoms with Gasteiger partial charge in [-0.2, -0.15) is 0 Å². The summed E-state index contributed by atoms with van der Waals surface area (Å²) in [6, 6.07) is 11.0. The van der Waals surface area contributed by atoms with E-state index in [-0.39, 0.29) is 30.1 Å². The summed E-state index contributed by atoms with van der Waals surface area (Å²) in [7, 11) is 1.83. The van der Waals surface area contributed by atoms with Crippen LogP contribution in [0.4, 0.5) is 0 Å². The zero-order valence-corrected chi connectivity index (χ0v) is 21.6. The van der Waals surface area contributed by atoms with Crippen LogP contribution in [0.25, 0.3) is 0 Å². The minimum atomic E-state index is 0. The number of guanidine groups is 1. The highest BCUT2D eigenvalue weighted by molar-refractivity contribution is 14.0. The maximum absolute atomic E-state index is 5.97. The molecule has 2 fully saturated rings. The van der Waals surface area contributed by atoms with Crippen molar-refractivity contribution in [2.45, 2.75) is 26.0 Å². The second-order valence-corrected chi connectivity index (χ2v) is 8.56. The van der Waals surface area contributed by atoms with Gasteiger partial charge in [-0.25, -0.2) is 0 Å². The first kappa shape index (κ1) is 26.3. The molecule has 176 valence electrons. The molecule has 1 aromatic rings. The summed E-state index contributed by atoms with van der Waals surface area (Å²) in [5, 5.41) is 7.00. The standard InChI is InChI=1S/C23H39N5O2.HI/c1-19(2)17-27-9-14-30-21(18-27)15-25-23(24-3)26-16-22(20-7-5-4-6-8-20)28-10-12-29-13-11-28;/h4-8,19,21-22H,9-18H2,1-3H3,(H2,24,25,26);1H. The molecule has 0 saturated carbocycles. The molecule has 8 heteroatoms. The molecule has 2 heterocycles. The summed E-state index contributed by atoms with van der Waals surface area (Å²) < 4.78 is 11.5. The Labute approximate surface area is 205 Å². The maximum atomic E-state index is 5.97. The Morgan fingerprint density at radius 1 is 1.10 bits per heavy atom. The van der Waals surface area contributed by atoms with Gasteiger partial charge in [0.15, 0.2) is 5.96 Å². The van der Waals surface area contributed by atoms with Crippen LogP contribution in [0.2, 0.25) is 0 Å². The molecule has 2 aliphatic rings. The van der Waals surface area contributed by atoms with Crippen molar-refractivity contribution in [1.82, 2.24) is 20.4 Å². The summed E-state index contributed by atoms with van der Waals surface area (Å²) in [5.74, 6) is 1.51. The fourth-order valence-corrected chi connectivity index (χ4v) is 4.23. The molecule has 0 radical (unpaired) electrons. The van der Waals surface area contributed by atoms with E-state index in [1.165, 1.54) is 5.56 Å². The monoisotopic (exact) mass is 545 g/mol. The molecule has 0 aliphatic carbocycles. The van der Waals surface area contributed by atoms with Crippen LogP contribution in [0.15, 0.2) is 35.3 Å². The molecule has 2 aliphatic heterocycles. The third-order valence-corrected chi connectivity index (χ3v) is 5.70. The van der Waals surface area contributed by atoms with Crippen LogP contribution in [0.5, 0.6) is 0 Å². The van der Waals surface area contributed by atoms with Crippen LogP contribution >= 0.6 is 24.0 Å². The van der Waals surface area contributed by atoms with Gasteiger partial charge in [-0.3, -0.25) is 14.8 Å². The SMILES string of the molecule is CN=C(NCC1CN(CC(C)C)CCO1)NCC(c1ccccc1)N1CCOCC1.I. The molecular formula is C23H40IN5O2.